The molecule has 0 unspecified atom stereocenters. The van der Waals surface area contributed by atoms with Gasteiger partial charge in [0, 0.05) is 38.3 Å². The molecule has 1 aliphatic heterocycles. The van der Waals surface area contributed by atoms with Gasteiger partial charge < -0.3 is 10.2 Å². The Morgan fingerprint density at radius 2 is 2.20 bits per heavy atom. The van der Waals surface area contributed by atoms with Gasteiger partial charge in [-0.05, 0) is 31.6 Å². The minimum atomic E-state index is -0.458. The first-order valence-electron chi connectivity index (χ1n) is 9.53. The Morgan fingerprint density at radius 3 is 2.88 bits per heavy atom. The first-order valence-corrected chi connectivity index (χ1v) is 9.53. The van der Waals surface area contributed by atoms with Crippen molar-refractivity contribution in [1.29, 1.82) is 0 Å². The molecule has 1 saturated carbocycles. The zero-order chi connectivity index (χ0) is 18.0. The van der Waals surface area contributed by atoms with Crippen LogP contribution >= 0.6 is 0 Å². The van der Waals surface area contributed by atoms with Crippen LogP contribution in [0.4, 0.5) is 5.82 Å². The fourth-order valence-electron chi connectivity index (χ4n) is 4.39. The summed E-state index contributed by atoms with van der Waals surface area (Å²) < 4.78 is 1.69. The van der Waals surface area contributed by atoms with E-state index in [1.165, 1.54) is 0 Å². The van der Waals surface area contributed by atoms with Crippen molar-refractivity contribution in [1.82, 2.24) is 14.7 Å². The van der Waals surface area contributed by atoms with Gasteiger partial charge in [-0.15, -0.1) is 0 Å². The highest BCUT2D eigenvalue weighted by Gasteiger charge is 2.53. The molecule has 2 fully saturated rings. The number of carbonyl (C=O) groups excluding carboxylic acids is 2. The van der Waals surface area contributed by atoms with Crippen molar-refractivity contribution in [3.05, 3.63) is 12.3 Å². The molecule has 3 rings (SSSR count). The number of rotatable bonds is 5. The molecule has 2 amide bonds. The second-order valence-corrected chi connectivity index (χ2v) is 8.02. The summed E-state index contributed by atoms with van der Waals surface area (Å²) >= 11 is 0. The van der Waals surface area contributed by atoms with Gasteiger partial charge in [0.2, 0.25) is 11.8 Å². The van der Waals surface area contributed by atoms with Gasteiger partial charge in [0.05, 0.1) is 5.41 Å². The van der Waals surface area contributed by atoms with Gasteiger partial charge in [0.25, 0.3) is 0 Å². The van der Waals surface area contributed by atoms with Crippen LogP contribution in [0.1, 0.15) is 58.8 Å². The third-order valence-electron chi connectivity index (χ3n) is 5.82. The number of anilines is 1. The lowest BCUT2D eigenvalue weighted by Gasteiger charge is -2.51. The Bertz CT molecular complexity index is 639. The Hall–Kier alpha value is -1.85. The highest BCUT2D eigenvalue weighted by molar-refractivity contribution is 5.96. The number of carbonyl (C=O) groups is 2. The molecule has 6 nitrogen and oxygen atoms in total. The highest BCUT2D eigenvalue weighted by atomic mass is 16.2. The number of likely N-dealkylation sites (tertiary alicyclic amines) is 1. The largest absolute Gasteiger partial charge is 0.339 e. The second kappa shape index (κ2) is 7.18. The van der Waals surface area contributed by atoms with E-state index < -0.39 is 5.41 Å². The molecule has 2 heterocycles. The third kappa shape index (κ3) is 3.58. The Labute approximate surface area is 149 Å². The number of fused-ring (bicyclic) bond motifs is 1. The van der Waals surface area contributed by atoms with Crippen molar-refractivity contribution in [3.63, 3.8) is 0 Å². The molecule has 1 N–H and O–H groups in total. The lowest BCUT2D eigenvalue weighted by Crippen LogP contribution is -2.60. The smallest absolute Gasteiger partial charge is 0.233 e. The fourth-order valence-corrected chi connectivity index (χ4v) is 4.39. The summed E-state index contributed by atoms with van der Waals surface area (Å²) in [6, 6.07) is 1.85. The number of nitrogens with one attached hydrogen (secondary N) is 1. The van der Waals surface area contributed by atoms with Crippen LogP contribution in [0, 0.1) is 11.3 Å². The molecule has 138 valence electrons. The number of hydrogen-bond donors (Lipinski definition) is 1. The van der Waals surface area contributed by atoms with E-state index in [4.69, 9.17) is 0 Å². The minimum Gasteiger partial charge on any atom is -0.339 e. The van der Waals surface area contributed by atoms with E-state index in [1.807, 2.05) is 24.2 Å². The Kier molecular flexibility index (Phi) is 5.16. The van der Waals surface area contributed by atoms with Crippen LogP contribution in [0.3, 0.4) is 0 Å². The predicted octanol–water partition coefficient (Wildman–Crippen LogP) is 2.96. The Morgan fingerprint density at radius 1 is 1.40 bits per heavy atom. The molecule has 1 aliphatic carbocycles. The summed E-state index contributed by atoms with van der Waals surface area (Å²) in [5.41, 5.74) is -0.458. The van der Waals surface area contributed by atoms with Gasteiger partial charge in [0.15, 0.2) is 5.82 Å². The maximum absolute atomic E-state index is 13.2. The SMILES string of the molecule is CC(C)CCN1C(=O)CC[C@@]2(C(=O)Nc3ccn(C)n3)CCCC[C@@H]12. The van der Waals surface area contributed by atoms with E-state index in [9.17, 15) is 9.59 Å². The maximum Gasteiger partial charge on any atom is 0.233 e. The van der Waals surface area contributed by atoms with E-state index in [2.05, 4.69) is 24.3 Å². The molecule has 1 aromatic rings. The van der Waals surface area contributed by atoms with E-state index in [0.717, 1.165) is 38.6 Å². The number of amides is 2. The number of hydrogen-bond acceptors (Lipinski definition) is 3. The van der Waals surface area contributed by atoms with Crippen molar-refractivity contribution in [2.75, 3.05) is 11.9 Å². The van der Waals surface area contributed by atoms with E-state index in [0.29, 0.717) is 24.6 Å². The van der Waals surface area contributed by atoms with Crippen molar-refractivity contribution in [3.8, 4) is 0 Å². The fraction of sp³-hybridized carbons (Fsp3) is 0.737. The molecule has 0 spiro atoms. The topological polar surface area (TPSA) is 67.2 Å². The molecular formula is C19H30N4O2. The average Bonchev–Trinajstić information content (AvgIpc) is 2.98. The summed E-state index contributed by atoms with van der Waals surface area (Å²) in [5.74, 6) is 1.40. The predicted molar refractivity (Wildman–Crippen MR) is 96.9 cm³/mol. The quantitative estimate of drug-likeness (QED) is 0.891. The van der Waals surface area contributed by atoms with Crippen LogP contribution in [0.15, 0.2) is 12.3 Å². The molecular weight excluding hydrogens is 316 g/mol. The van der Waals surface area contributed by atoms with Gasteiger partial charge in [-0.2, -0.15) is 5.10 Å². The van der Waals surface area contributed by atoms with Gasteiger partial charge >= 0.3 is 0 Å². The maximum atomic E-state index is 13.2. The summed E-state index contributed by atoms with van der Waals surface area (Å²) in [5, 5.41) is 7.29. The van der Waals surface area contributed by atoms with E-state index in [-0.39, 0.29) is 17.9 Å². The normalized spacial score (nSPS) is 26.6. The van der Waals surface area contributed by atoms with Crippen LogP contribution in [0.5, 0.6) is 0 Å². The standard InChI is InChI=1S/C19H30N4O2/c1-14(2)8-13-23-15-6-4-5-10-19(15,11-7-17(23)24)18(25)20-16-9-12-22(3)21-16/h9,12,14-15H,4-8,10-11,13H2,1-3H3,(H,20,21,25)/t15-,19+/m1/s1. The first kappa shape index (κ1) is 18.0. The molecule has 0 bridgehead atoms. The number of aryl methyl sites for hydroxylation is 1. The van der Waals surface area contributed by atoms with Crippen molar-refractivity contribution in [2.45, 2.75) is 64.8 Å². The molecule has 1 saturated heterocycles. The molecule has 0 aromatic carbocycles. The highest BCUT2D eigenvalue weighted by Crippen LogP contribution is 2.47. The monoisotopic (exact) mass is 346 g/mol. The van der Waals surface area contributed by atoms with Crippen molar-refractivity contribution >= 4 is 17.6 Å². The zero-order valence-electron chi connectivity index (χ0n) is 15.6. The van der Waals surface area contributed by atoms with Crippen LogP contribution in [0.25, 0.3) is 0 Å². The number of nitrogens with zero attached hydrogens (tertiary/aromatic N) is 3. The zero-order valence-corrected chi connectivity index (χ0v) is 15.6. The van der Waals surface area contributed by atoms with Gasteiger partial charge in [-0.3, -0.25) is 14.3 Å². The van der Waals surface area contributed by atoms with E-state index in [1.54, 1.807) is 4.68 Å². The van der Waals surface area contributed by atoms with Crippen LogP contribution in [-0.2, 0) is 16.6 Å². The van der Waals surface area contributed by atoms with Crippen molar-refractivity contribution in [2.24, 2.45) is 18.4 Å². The minimum absolute atomic E-state index is 0.0324. The van der Waals surface area contributed by atoms with Crippen molar-refractivity contribution < 1.29 is 9.59 Å². The lowest BCUT2D eigenvalue weighted by atomic mass is 9.64. The first-order chi connectivity index (χ1) is 11.9. The summed E-state index contributed by atoms with van der Waals surface area (Å²) in [7, 11) is 1.84. The molecule has 1 aromatic heterocycles. The van der Waals surface area contributed by atoms with Gasteiger partial charge in [-0.25, -0.2) is 0 Å². The van der Waals surface area contributed by atoms with Crippen LogP contribution in [-0.4, -0.2) is 39.1 Å². The summed E-state index contributed by atoms with van der Waals surface area (Å²) in [6.45, 7) is 5.12. The average molecular weight is 346 g/mol. The molecule has 2 aliphatic rings. The molecule has 25 heavy (non-hydrogen) atoms. The van der Waals surface area contributed by atoms with Gasteiger partial charge in [0.1, 0.15) is 0 Å². The number of aromatic nitrogens is 2. The van der Waals surface area contributed by atoms with Crippen LogP contribution < -0.4 is 5.32 Å². The molecule has 0 radical (unpaired) electrons. The van der Waals surface area contributed by atoms with E-state index >= 15 is 0 Å². The second-order valence-electron chi connectivity index (χ2n) is 8.02. The third-order valence-corrected chi connectivity index (χ3v) is 5.82. The van der Waals surface area contributed by atoms with Gasteiger partial charge in [-0.1, -0.05) is 26.7 Å². The molecule has 6 heteroatoms. The number of piperidine rings is 1. The van der Waals surface area contributed by atoms with Crippen LogP contribution in [0.2, 0.25) is 0 Å². The lowest BCUT2D eigenvalue weighted by molar-refractivity contribution is -0.152. The summed E-state index contributed by atoms with van der Waals surface area (Å²) in [6.07, 6.45) is 7.89. The Balaban J connectivity index is 1.82. The molecule has 2 atom stereocenters. The summed E-state index contributed by atoms with van der Waals surface area (Å²) in [4.78, 5) is 27.8.